The van der Waals surface area contributed by atoms with Crippen LogP contribution >= 0.6 is 11.6 Å². The first-order valence-corrected chi connectivity index (χ1v) is 6.32. The van der Waals surface area contributed by atoms with E-state index in [0.717, 1.165) is 23.4 Å². The van der Waals surface area contributed by atoms with Crippen molar-refractivity contribution in [1.29, 1.82) is 0 Å². The van der Waals surface area contributed by atoms with Gasteiger partial charge >= 0.3 is 0 Å². The van der Waals surface area contributed by atoms with Gasteiger partial charge in [0.25, 0.3) is 0 Å². The summed E-state index contributed by atoms with van der Waals surface area (Å²) in [5.74, 6) is 0.883. The number of halogens is 1. The van der Waals surface area contributed by atoms with E-state index >= 15 is 0 Å². The van der Waals surface area contributed by atoms with Crippen molar-refractivity contribution in [2.45, 2.75) is 33.6 Å². The molecule has 1 aromatic carbocycles. The highest BCUT2D eigenvalue weighted by Crippen LogP contribution is 2.23. The fourth-order valence-electron chi connectivity index (χ4n) is 1.96. The minimum atomic E-state index is 0.262. The predicted octanol–water partition coefficient (Wildman–Crippen LogP) is 3.85. The smallest absolute Gasteiger partial charge is 0.0459 e. The van der Waals surface area contributed by atoms with Crippen LogP contribution in [0.4, 0.5) is 0 Å². The maximum absolute atomic E-state index is 9.19. The van der Waals surface area contributed by atoms with Crippen molar-refractivity contribution in [2.75, 3.05) is 6.61 Å². The lowest BCUT2D eigenvalue weighted by Crippen LogP contribution is -2.17. The fraction of sp³-hybridized carbons (Fsp3) is 0.571. The van der Waals surface area contributed by atoms with Gasteiger partial charge < -0.3 is 5.11 Å². The summed E-state index contributed by atoms with van der Waals surface area (Å²) in [4.78, 5) is 0. The fourth-order valence-corrected chi connectivity index (χ4v) is 2.17. The zero-order valence-electron chi connectivity index (χ0n) is 10.3. The first-order chi connectivity index (χ1) is 7.58. The predicted molar refractivity (Wildman–Crippen MR) is 69.9 cm³/mol. The lowest BCUT2D eigenvalue weighted by atomic mass is 9.86. The number of benzene rings is 1. The third kappa shape index (κ3) is 3.50. The highest BCUT2D eigenvalue weighted by Gasteiger charge is 2.15. The van der Waals surface area contributed by atoms with Gasteiger partial charge in [-0.2, -0.15) is 0 Å². The summed E-state index contributed by atoms with van der Waals surface area (Å²) < 4.78 is 0. The first kappa shape index (κ1) is 13.5. The molecule has 0 aromatic heterocycles. The van der Waals surface area contributed by atoms with E-state index in [0.29, 0.717) is 11.8 Å². The summed E-state index contributed by atoms with van der Waals surface area (Å²) in [5, 5.41) is 10.0. The summed E-state index contributed by atoms with van der Waals surface area (Å²) >= 11 is 6.10. The molecule has 2 atom stereocenters. The maximum Gasteiger partial charge on any atom is 0.0459 e. The Morgan fingerprint density at radius 2 is 2.06 bits per heavy atom. The van der Waals surface area contributed by atoms with E-state index < -0.39 is 0 Å². The summed E-state index contributed by atoms with van der Waals surface area (Å²) in [6.07, 6.45) is 2.09. The molecule has 0 bridgehead atoms. The Morgan fingerprint density at radius 3 is 2.56 bits per heavy atom. The number of hydrogen-bond acceptors (Lipinski definition) is 1. The second-order valence-corrected chi connectivity index (χ2v) is 5.02. The second-order valence-electron chi connectivity index (χ2n) is 4.62. The van der Waals surface area contributed by atoms with Gasteiger partial charge in [-0.05, 0) is 42.4 Å². The second kappa shape index (κ2) is 6.27. The molecule has 1 nitrogen and oxygen atoms in total. The Hall–Kier alpha value is -0.530. The average Bonchev–Trinajstić information content (AvgIpc) is 2.29. The third-order valence-electron chi connectivity index (χ3n) is 3.35. The van der Waals surface area contributed by atoms with Crippen LogP contribution in [-0.2, 0) is 6.42 Å². The molecule has 1 N–H and O–H groups in total. The molecule has 0 saturated carbocycles. The van der Waals surface area contributed by atoms with Gasteiger partial charge in [0.15, 0.2) is 0 Å². The van der Waals surface area contributed by atoms with Gasteiger partial charge in [0, 0.05) is 11.6 Å². The normalized spacial score (nSPS) is 14.8. The first-order valence-electron chi connectivity index (χ1n) is 5.94. The largest absolute Gasteiger partial charge is 0.396 e. The summed E-state index contributed by atoms with van der Waals surface area (Å²) in [5.41, 5.74) is 2.39. The molecule has 0 aliphatic rings. The van der Waals surface area contributed by atoms with E-state index in [4.69, 9.17) is 11.6 Å². The molecule has 1 aromatic rings. The minimum absolute atomic E-state index is 0.262. The van der Waals surface area contributed by atoms with Gasteiger partial charge in [-0.25, -0.2) is 0 Å². The molecule has 0 unspecified atom stereocenters. The monoisotopic (exact) mass is 240 g/mol. The molecule has 0 fully saturated rings. The van der Waals surface area contributed by atoms with E-state index in [1.54, 1.807) is 0 Å². The number of hydrogen-bond donors (Lipinski definition) is 1. The molecular formula is C14H21ClO. The molecule has 0 aliphatic carbocycles. The van der Waals surface area contributed by atoms with Crippen molar-refractivity contribution in [2.24, 2.45) is 11.8 Å². The molecule has 16 heavy (non-hydrogen) atoms. The quantitative estimate of drug-likeness (QED) is 0.829. The van der Waals surface area contributed by atoms with E-state index in [2.05, 4.69) is 26.0 Å². The standard InChI is InChI=1S/C14H21ClO/c1-4-13(11(3)9-16)7-12-6-5-10(2)14(15)8-12/h5-6,8,11,13,16H,4,7,9H2,1-3H3/t11-,13+/m0/s1. The average molecular weight is 241 g/mol. The molecule has 1 rings (SSSR count). The minimum Gasteiger partial charge on any atom is -0.396 e. The Bertz CT molecular complexity index is 336. The lowest BCUT2D eigenvalue weighted by Gasteiger charge is -2.21. The van der Waals surface area contributed by atoms with Crippen LogP contribution in [0.15, 0.2) is 18.2 Å². The Kier molecular flexibility index (Phi) is 5.30. The zero-order valence-corrected chi connectivity index (χ0v) is 11.1. The number of aryl methyl sites for hydroxylation is 1. The van der Waals surface area contributed by atoms with Crippen molar-refractivity contribution in [3.63, 3.8) is 0 Å². The van der Waals surface area contributed by atoms with E-state index in [1.807, 2.05) is 13.0 Å². The van der Waals surface area contributed by atoms with Gasteiger partial charge in [0.05, 0.1) is 0 Å². The van der Waals surface area contributed by atoms with Gasteiger partial charge in [-0.1, -0.05) is 44.0 Å². The molecule has 90 valence electrons. The highest BCUT2D eigenvalue weighted by molar-refractivity contribution is 6.31. The molecule has 0 heterocycles. The van der Waals surface area contributed by atoms with Crippen LogP contribution in [0, 0.1) is 18.8 Å². The Balaban J connectivity index is 2.74. The zero-order chi connectivity index (χ0) is 12.1. The van der Waals surface area contributed by atoms with Crippen LogP contribution in [0.5, 0.6) is 0 Å². The molecule has 0 radical (unpaired) electrons. The van der Waals surface area contributed by atoms with E-state index in [-0.39, 0.29) is 6.61 Å². The van der Waals surface area contributed by atoms with Crippen molar-refractivity contribution >= 4 is 11.6 Å². The number of aliphatic hydroxyl groups is 1. The molecule has 2 heteroatoms. The summed E-state index contributed by atoms with van der Waals surface area (Å²) in [6.45, 7) is 6.55. The topological polar surface area (TPSA) is 20.2 Å². The maximum atomic E-state index is 9.19. The van der Waals surface area contributed by atoms with Crippen LogP contribution < -0.4 is 0 Å². The van der Waals surface area contributed by atoms with Gasteiger partial charge in [0.1, 0.15) is 0 Å². The summed E-state index contributed by atoms with van der Waals surface area (Å²) in [6, 6.07) is 6.24. The van der Waals surface area contributed by atoms with Gasteiger partial charge in [-0.15, -0.1) is 0 Å². The van der Waals surface area contributed by atoms with Crippen molar-refractivity contribution in [3.8, 4) is 0 Å². The van der Waals surface area contributed by atoms with Crippen LogP contribution in [0.3, 0.4) is 0 Å². The van der Waals surface area contributed by atoms with Crippen LogP contribution in [-0.4, -0.2) is 11.7 Å². The Morgan fingerprint density at radius 1 is 1.38 bits per heavy atom. The van der Waals surface area contributed by atoms with Crippen LogP contribution in [0.2, 0.25) is 5.02 Å². The van der Waals surface area contributed by atoms with Crippen molar-refractivity contribution in [1.82, 2.24) is 0 Å². The van der Waals surface area contributed by atoms with Crippen LogP contribution in [0.1, 0.15) is 31.4 Å². The van der Waals surface area contributed by atoms with Gasteiger partial charge in [-0.3, -0.25) is 0 Å². The molecule has 0 amide bonds. The summed E-state index contributed by atoms with van der Waals surface area (Å²) in [7, 11) is 0. The van der Waals surface area contributed by atoms with E-state index in [1.165, 1.54) is 5.56 Å². The molecule has 0 spiro atoms. The van der Waals surface area contributed by atoms with Crippen LogP contribution in [0.25, 0.3) is 0 Å². The highest BCUT2D eigenvalue weighted by atomic mass is 35.5. The third-order valence-corrected chi connectivity index (χ3v) is 3.76. The van der Waals surface area contributed by atoms with Crippen molar-refractivity contribution < 1.29 is 5.11 Å². The van der Waals surface area contributed by atoms with Gasteiger partial charge in [0.2, 0.25) is 0 Å². The lowest BCUT2D eigenvalue weighted by molar-refractivity contribution is 0.184. The molecular weight excluding hydrogens is 220 g/mol. The molecule has 0 saturated heterocycles. The number of rotatable bonds is 5. The van der Waals surface area contributed by atoms with E-state index in [9.17, 15) is 5.11 Å². The SMILES string of the molecule is CC[C@H](Cc1ccc(C)c(Cl)c1)[C@@H](C)CO. The Labute approximate surface area is 103 Å². The molecule has 0 aliphatic heterocycles. The van der Waals surface area contributed by atoms with Crippen molar-refractivity contribution in [3.05, 3.63) is 34.3 Å². The number of aliphatic hydroxyl groups excluding tert-OH is 1.